The number of aromatic nitrogens is 1. The van der Waals surface area contributed by atoms with Crippen molar-refractivity contribution < 1.29 is 0 Å². The zero-order valence-corrected chi connectivity index (χ0v) is 34.6. The van der Waals surface area contributed by atoms with Crippen LogP contribution >= 0.6 is 0 Å². The lowest BCUT2D eigenvalue weighted by Crippen LogP contribution is -2.74. The summed E-state index contributed by atoms with van der Waals surface area (Å²) in [5, 5.41) is 10.3. The van der Waals surface area contributed by atoms with E-state index in [0.29, 0.717) is 0 Å². The number of fused-ring (bicyclic) bond motifs is 4. The van der Waals surface area contributed by atoms with Crippen LogP contribution in [0, 0.1) is 0 Å². The van der Waals surface area contributed by atoms with Crippen LogP contribution < -0.4 is 25.6 Å². The first-order valence-electron chi connectivity index (χ1n) is 21.0. The summed E-state index contributed by atoms with van der Waals surface area (Å²) in [6, 6.07) is 93.7. The first-order valence-corrected chi connectivity index (χ1v) is 23.0. The van der Waals surface area contributed by atoms with Gasteiger partial charge in [0.1, 0.15) is 0 Å². The first-order chi connectivity index (χ1) is 30.3. The molecule has 11 aromatic rings. The topological polar surface area (TPSA) is 8.17 Å². The summed E-state index contributed by atoms with van der Waals surface area (Å²) in [6.07, 6.45) is 0. The van der Waals surface area contributed by atoms with Gasteiger partial charge in [-0.15, -0.1) is 0 Å². The Balaban J connectivity index is 1.19. The summed E-state index contributed by atoms with van der Waals surface area (Å²) in [5.74, 6) is 0. The molecule has 1 aromatic heterocycles. The Hall–Kier alpha value is -7.72. The maximum Gasteiger partial charge on any atom is 0.179 e. The van der Waals surface area contributed by atoms with Crippen molar-refractivity contribution in [1.82, 2.24) is 4.57 Å². The van der Waals surface area contributed by atoms with E-state index in [9.17, 15) is 0 Å². The molecule has 0 aliphatic carbocycles. The van der Waals surface area contributed by atoms with Gasteiger partial charge in [0.25, 0.3) is 0 Å². The number of anilines is 3. The third-order valence-corrected chi connectivity index (χ3v) is 17.1. The minimum absolute atomic E-state index is 1.10. The number of hydrogen-bond donors (Lipinski definition) is 0. The molecule has 1 heterocycles. The highest BCUT2D eigenvalue weighted by molar-refractivity contribution is 7.19. The minimum atomic E-state index is -2.74. The molecule has 0 bridgehead atoms. The second-order valence-electron chi connectivity index (χ2n) is 15.6. The Kier molecular flexibility index (Phi) is 9.22. The van der Waals surface area contributed by atoms with Crippen molar-refractivity contribution in [3.63, 3.8) is 0 Å². The lowest BCUT2D eigenvalue weighted by molar-refractivity contribution is 1.18. The van der Waals surface area contributed by atoms with Gasteiger partial charge in [-0.1, -0.05) is 206 Å². The van der Waals surface area contributed by atoms with E-state index in [1.54, 1.807) is 0 Å². The van der Waals surface area contributed by atoms with Crippen LogP contribution in [0.1, 0.15) is 0 Å². The first kappa shape index (κ1) is 36.4. The van der Waals surface area contributed by atoms with E-state index < -0.39 is 8.07 Å². The van der Waals surface area contributed by atoms with Crippen molar-refractivity contribution >= 4 is 78.5 Å². The van der Waals surface area contributed by atoms with Crippen LogP contribution in [0.15, 0.2) is 255 Å². The predicted molar refractivity (Wildman–Crippen MR) is 262 cm³/mol. The Morgan fingerprint density at radius 3 is 1.39 bits per heavy atom. The largest absolute Gasteiger partial charge is 0.309 e. The van der Waals surface area contributed by atoms with Crippen molar-refractivity contribution in [2.75, 3.05) is 4.90 Å². The molecule has 0 saturated carbocycles. The summed E-state index contributed by atoms with van der Waals surface area (Å²) in [6.45, 7) is 0. The number of hydrogen-bond acceptors (Lipinski definition) is 1. The Labute approximate surface area is 357 Å². The van der Waals surface area contributed by atoms with Gasteiger partial charge in [-0.05, 0) is 85.8 Å². The maximum absolute atomic E-state index is 2.74. The molecule has 0 atom stereocenters. The molecular weight excluding hydrogens is 753 g/mol. The Morgan fingerprint density at radius 1 is 0.311 bits per heavy atom. The van der Waals surface area contributed by atoms with Gasteiger partial charge in [0.15, 0.2) is 8.07 Å². The van der Waals surface area contributed by atoms with Gasteiger partial charge in [-0.25, -0.2) is 0 Å². The second kappa shape index (κ2) is 15.5. The van der Waals surface area contributed by atoms with Crippen molar-refractivity contribution in [3.8, 4) is 16.8 Å². The van der Waals surface area contributed by atoms with Crippen LogP contribution in [-0.2, 0) is 0 Å². The molecule has 0 saturated heterocycles. The summed E-state index contributed by atoms with van der Waals surface area (Å²) in [7, 11) is -2.74. The van der Waals surface area contributed by atoms with Crippen molar-refractivity contribution in [2.24, 2.45) is 0 Å². The van der Waals surface area contributed by atoms with E-state index in [4.69, 9.17) is 0 Å². The van der Waals surface area contributed by atoms with E-state index in [0.717, 1.165) is 22.7 Å². The van der Waals surface area contributed by atoms with Gasteiger partial charge in [-0.2, -0.15) is 0 Å². The van der Waals surface area contributed by atoms with Gasteiger partial charge in [0, 0.05) is 27.5 Å². The highest BCUT2D eigenvalue weighted by Gasteiger charge is 2.41. The van der Waals surface area contributed by atoms with Crippen LogP contribution in [0.4, 0.5) is 17.1 Å². The maximum atomic E-state index is 2.50. The van der Waals surface area contributed by atoms with Crippen LogP contribution in [-0.4, -0.2) is 12.6 Å². The van der Waals surface area contributed by atoms with E-state index in [2.05, 4.69) is 264 Å². The lowest BCUT2D eigenvalue weighted by Gasteiger charge is -2.35. The number of rotatable bonds is 9. The third kappa shape index (κ3) is 6.09. The summed E-state index contributed by atoms with van der Waals surface area (Å²) < 4.78 is 2.41. The standard InChI is InChI=1S/C58H42N2Si/c1-6-21-43(22-7-1)50-41-42-55(52-32-17-16-31-51(50)52)60(57-36-20-35-56-58(57)53-33-18-19-34-54(53)59(56)44-23-8-2-9-24-44)45-37-39-49(40-38-45)61(46-25-10-3-11-26-46,47-27-12-4-13-28-47)48-29-14-5-15-30-48/h1-42H. The molecule has 0 spiro atoms. The molecule has 0 unspecified atom stereocenters. The van der Waals surface area contributed by atoms with Gasteiger partial charge >= 0.3 is 0 Å². The number of para-hydroxylation sites is 2. The highest BCUT2D eigenvalue weighted by atomic mass is 28.3. The molecule has 2 nitrogen and oxygen atoms in total. The molecule has 3 heteroatoms. The normalized spacial score (nSPS) is 11.6. The van der Waals surface area contributed by atoms with Gasteiger partial charge < -0.3 is 9.47 Å². The second-order valence-corrected chi connectivity index (χ2v) is 19.4. The number of benzene rings is 10. The molecule has 11 rings (SSSR count). The van der Waals surface area contributed by atoms with E-state index in [1.165, 1.54) is 64.5 Å². The van der Waals surface area contributed by atoms with E-state index in [-0.39, 0.29) is 0 Å². The SMILES string of the molecule is c1ccc(-c2ccc(N(c3ccc([Si](c4ccccc4)(c4ccccc4)c4ccccc4)cc3)c3cccc4c3c3ccccc3n4-c3ccccc3)c3ccccc23)cc1. The molecule has 0 N–H and O–H groups in total. The molecule has 0 amide bonds. The fourth-order valence-corrected chi connectivity index (χ4v) is 14.5. The Bertz CT molecular complexity index is 3180. The van der Waals surface area contributed by atoms with Gasteiger partial charge in [0.2, 0.25) is 0 Å². The molecule has 10 aromatic carbocycles. The average molecular weight is 795 g/mol. The van der Waals surface area contributed by atoms with Gasteiger partial charge in [0.05, 0.1) is 22.4 Å². The molecule has 288 valence electrons. The summed E-state index contributed by atoms with van der Waals surface area (Å²) >= 11 is 0. The quantitative estimate of drug-likeness (QED) is 0.104. The third-order valence-electron chi connectivity index (χ3n) is 12.3. The van der Waals surface area contributed by atoms with E-state index >= 15 is 0 Å². The molecule has 0 radical (unpaired) electrons. The molecule has 0 fully saturated rings. The van der Waals surface area contributed by atoms with Crippen molar-refractivity contribution in [3.05, 3.63) is 255 Å². The zero-order chi connectivity index (χ0) is 40.6. The minimum Gasteiger partial charge on any atom is -0.309 e. The van der Waals surface area contributed by atoms with Crippen LogP contribution in [0.5, 0.6) is 0 Å². The van der Waals surface area contributed by atoms with Crippen molar-refractivity contribution in [2.45, 2.75) is 0 Å². The zero-order valence-electron chi connectivity index (χ0n) is 33.6. The van der Waals surface area contributed by atoms with Crippen LogP contribution in [0.2, 0.25) is 0 Å². The number of nitrogens with zero attached hydrogens (tertiary/aromatic N) is 2. The molecule has 61 heavy (non-hydrogen) atoms. The van der Waals surface area contributed by atoms with Crippen LogP contribution in [0.25, 0.3) is 49.4 Å². The molecular formula is C58H42N2Si. The molecule has 0 aliphatic rings. The van der Waals surface area contributed by atoms with Crippen molar-refractivity contribution in [1.29, 1.82) is 0 Å². The van der Waals surface area contributed by atoms with E-state index in [1.807, 2.05) is 0 Å². The van der Waals surface area contributed by atoms with Crippen LogP contribution in [0.3, 0.4) is 0 Å². The Morgan fingerprint density at radius 2 is 0.787 bits per heavy atom. The lowest BCUT2D eigenvalue weighted by atomic mass is 9.96. The highest BCUT2D eigenvalue weighted by Crippen LogP contribution is 2.46. The fraction of sp³-hybridized carbons (Fsp3) is 0. The summed E-state index contributed by atoms with van der Waals surface area (Å²) in [4.78, 5) is 2.50. The summed E-state index contributed by atoms with van der Waals surface area (Å²) in [5.41, 5.74) is 9.28. The van der Waals surface area contributed by atoms with Gasteiger partial charge in [-0.3, -0.25) is 0 Å². The molecule has 0 aliphatic heterocycles. The fourth-order valence-electron chi connectivity index (χ4n) is 9.72. The smallest absolute Gasteiger partial charge is 0.179 e. The predicted octanol–water partition coefficient (Wildman–Crippen LogP) is 12.5. The monoisotopic (exact) mass is 794 g/mol. The average Bonchev–Trinajstić information content (AvgIpc) is 3.69.